The van der Waals surface area contributed by atoms with E-state index in [1.807, 2.05) is 20.2 Å². The maximum absolute atomic E-state index is 6.10. The first-order valence-corrected chi connectivity index (χ1v) is 7.24. The highest BCUT2D eigenvalue weighted by Gasteiger charge is 2.17. The van der Waals surface area contributed by atoms with E-state index in [-0.39, 0.29) is 24.0 Å². The third kappa shape index (κ3) is 5.01. The van der Waals surface area contributed by atoms with Crippen LogP contribution in [0, 0.1) is 5.92 Å². The number of hydrogen-bond donors (Lipinski definition) is 1. The van der Waals surface area contributed by atoms with Crippen molar-refractivity contribution < 1.29 is 0 Å². The Morgan fingerprint density at radius 3 is 2.71 bits per heavy atom. The second kappa shape index (κ2) is 8.41. The van der Waals surface area contributed by atoms with Gasteiger partial charge in [0, 0.05) is 33.4 Å². The summed E-state index contributed by atoms with van der Waals surface area (Å²) in [6.07, 6.45) is 4.20. The topological polar surface area (TPSA) is 57.8 Å². The summed E-state index contributed by atoms with van der Waals surface area (Å²) >= 11 is 0. The minimum atomic E-state index is 0. The average Bonchev–Trinajstić information content (AvgIpc) is 2.45. The van der Waals surface area contributed by atoms with Crippen molar-refractivity contribution in [3.05, 3.63) is 24.0 Å². The molecule has 6 heteroatoms. The monoisotopic (exact) mass is 403 g/mol. The normalized spacial score (nSPS) is 16.5. The number of nitrogens with two attached hydrogens (primary N) is 1. The largest absolute Gasteiger partial charge is 0.376 e. The number of hydrogen-bond acceptors (Lipinski definition) is 3. The summed E-state index contributed by atoms with van der Waals surface area (Å²) < 4.78 is 0. The maximum Gasteiger partial charge on any atom is 0.191 e. The van der Waals surface area contributed by atoms with Crippen LogP contribution < -0.4 is 10.6 Å². The minimum absolute atomic E-state index is 0. The number of likely N-dealkylation sites (tertiary alicyclic amines) is 1. The number of guanidine groups is 1. The van der Waals surface area contributed by atoms with Crippen molar-refractivity contribution in [3.63, 3.8) is 0 Å². The van der Waals surface area contributed by atoms with Gasteiger partial charge in [-0.3, -0.25) is 4.98 Å². The molecule has 1 saturated heterocycles. The fraction of sp³-hybridized carbons (Fsp3) is 0.600. The van der Waals surface area contributed by atoms with E-state index in [1.165, 1.54) is 12.8 Å². The number of nitrogens with zero attached hydrogens (tertiary/aromatic N) is 4. The fourth-order valence-corrected chi connectivity index (χ4v) is 2.45. The fourth-order valence-electron chi connectivity index (χ4n) is 2.45. The summed E-state index contributed by atoms with van der Waals surface area (Å²) in [5, 5.41) is 0. The van der Waals surface area contributed by atoms with Gasteiger partial charge in [-0.1, -0.05) is 6.92 Å². The number of rotatable bonds is 3. The zero-order valence-corrected chi connectivity index (χ0v) is 15.4. The third-order valence-electron chi connectivity index (χ3n) is 3.85. The highest BCUT2D eigenvalue weighted by Crippen LogP contribution is 2.18. The molecular formula is C15H26IN5. The molecule has 0 amide bonds. The molecule has 0 bridgehead atoms. The van der Waals surface area contributed by atoms with Crippen molar-refractivity contribution in [3.8, 4) is 0 Å². The van der Waals surface area contributed by atoms with Crippen molar-refractivity contribution >= 4 is 35.6 Å². The highest BCUT2D eigenvalue weighted by molar-refractivity contribution is 14.0. The molecule has 1 aliphatic heterocycles. The SMILES string of the molecule is CC1CCN(C(N)=NCc2ncccc2N(C)C)CC1.I. The van der Waals surface area contributed by atoms with Gasteiger partial charge in [0.05, 0.1) is 17.9 Å². The second-order valence-electron chi connectivity index (χ2n) is 5.71. The van der Waals surface area contributed by atoms with Gasteiger partial charge < -0.3 is 15.5 Å². The van der Waals surface area contributed by atoms with Crippen LogP contribution in [0.1, 0.15) is 25.5 Å². The number of aliphatic imine (C=N–C) groups is 1. The molecule has 1 aromatic rings. The van der Waals surface area contributed by atoms with Crippen LogP contribution in [0.5, 0.6) is 0 Å². The van der Waals surface area contributed by atoms with Crippen LogP contribution in [0.2, 0.25) is 0 Å². The Bertz CT molecular complexity index is 467. The van der Waals surface area contributed by atoms with E-state index in [1.54, 1.807) is 6.20 Å². The summed E-state index contributed by atoms with van der Waals surface area (Å²) in [6, 6.07) is 3.99. The van der Waals surface area contributed by atoms with E-state index in [0.717, 1.165) is 30.4 Å². The first-order chi connectivity index (χ1) is 9.58. The molecule has 0 radical (unpaired) electrons. The lowest BCUT2D eigenvalue weighted by molar-refractivity contribution is 0.277. The molecule has 21 heavy (non-hydrogen) atoms. The van der Waals surface area contributed by atoms with Crippen molar-refractivity contribution in [1.29, 1.82) is 0 Å². The van der Waals surface area contributed by atoms with Crippen molar-refractivity contribution in [2.75, 3.05) is 32.1 Å². The molecule has 1 aromatic heterocycles. The van der Waals surface area contributed by atoms with E-state index in [4.69, 9.17) is 5.73 Å². The highest BCUT2D eigenvalue weighted by atomic mass is 127. The standard InChI is InChI=1S/C15H25N5.HI/c1-12-6-9-20(10-7-12)15(16)18-11-13-14(19(2)3)5-4-8-17-13;/h4-5,8,12H,6-7,9-11H2,1-3H3,(H2,16,18);1H. The number of anilines is 1. The quantitative estimate of drug-likeness (QED) is 0.478. The lowest BCUT2D eigenvalue weighted by Crippen LogP contribution is -2.42. The Balaban J connectivity index is 0.00000220. The lowest BCUT2D eigenvalue weighted by atomic mass is 10.00. The Hall–Kier alpha value is -1.05. The van der Waals surface area contributed by atoms with Gasteiger partial charge in [0.1, 0.15) is 0 Å². The van der Waals surface area contributed by atoms with Gasteiger partial charge in [-0.2, -0.15) is 0 Å². The van der Waals surface area contributed by atoms with E-state index in [9.17, 15) is 0 Å². The molecule has 0 unspecified atom stereocenters. The zero-order chi connectivity index (χ0) is 14.5. The summed E-state index contributed by atoms with van der Waals surface area (Å²) in [5.41, 5.74) is 8.16. The van der Waals surface area contributed by atoms with Gasteiger partial charge in [-0.15, -0.1) is 24.0 Å². The minimum Gasteiger partial charge on any atom is -0.376 e. The summed E-state index contributed by atoms with van der Waals surface area (Å²) in [5.74, 6) is 1.45. The van der Waals surface area contributed by atoms with Gasteiger partial charge in [-0.25, -0.2) is 4.99 Å². The molecule has 0 spiro atoms. The number of aromatic nitrogens is 1. The van der Waals surface area contributed by atoms with Gasteiger partial charge in [0.2, 0.25) is 0 Å². The first kappa shape index (κ1) is 18.0. The molecule has 2 N–H and O–H groups in total. The Morgan fingerprint density at radius 1 is 1.43 bits per heavy atom. The number of piperidine rings is 1. The summed E-state index contributed by atoms with van der Waals surface area (Å²) in [4.78, 5) is 13.2. The Kier molecular flexibility index (Phi) is 7.21. The zero-order valence-electron chi connectivity index (χ0n) is 13.1. The molecule has 118 valence electrons. The van der Waals surface area contributed by atoms with Crippen LogP contribution in [-0.2, 0) is 6.54 Å². The van der Waals surface area contributed by atoms with Crippen LogP contribution in [0.3, 0.4) is 0 Å². The predicted octanol–water partition coefficient (Wildman–Crippen LogP) is 2.31. The predicted molar refractivity (Wildman–Crippen MR) is 99.3 cm³/mol. The summed E-state index contributed by atoms with van der Waals surface area (Å²) in [7, 11) is 4.03. The maximum atomic E-state index is 6.10. The van der Waals surface area contributed by atoms with Gasteiger partial charge >= 0.3 is 0 Å². The molecule has 0 saturated carbocycles. The smallest absolute Gasteiger partial charge is 0.191 e. The van der Waals surface area contributed by atoms with Crippen LogP contribution >= 0.6 is 24.0 Å². The van der Waals surface area contributed by atoms with Crippen LogP contribution in [0.25, 0.3) is 0 Å². The molecular weight excluding hydrogens is 377 g/mol. The molecule has 1 fully saturated rings. The molecule has 0 atom stereocenters. The van der Waals surface area contributed by atoms with E-state index in [2.05, 4.69) is 32.8 Å². The van der Waals surface area contributed by atoms with E-state index >= 15 is 0 Å². The Morgan fingerprint density at radius 2 is 2.10 bits per heavy atom. The van der Waals surface area contributed by atoms with Crippen LogP contribution in [0.15, 0.2) is 23.3 Å². The average molecular weight is 403 g/mol. The molecule has 0 aliphatic carbocycles. The van der Waals surface area contributed by atoms with Crippen molar-refractivity contribution in [2.45, 2.75) is 26.3 Å². The Labute approximate surface area is 144 Å². The second-order valence-corrected chi connectivity index (χ2v) is 5.71. The van der Waals surface area contributed by atoms with E-state index in [0.29, 0.717) is 12.5 Å². The summed E-state index contributed by atoms with van der Waals surface area (Å²) in [6.45, 7) is 4.85. The molecule has 2 heterocycles. The number of pyridine rings is 1. The molecule has 0 aromatic carbocycles. The first-order valence-electron chi connectivity index (χ1n) is 7.24. The van der Waals surface area contributed by atoms with E-state index < -0.39 is 0 Å². The molecule has 1 aliphatic rings. The van der Waals surface area contributed by atoms with Gasteiger partial charge in [0.25, 0.3) is 0 Å². The van der Waals surface area contributed by atoms with Gasteiger partial charge in [0.15, 0.2) is 5.96 Å². The molecule has 5 nitrogen and oxygen atoms in total. The third-order valence-corrected chi connectivity index (χ3v) is 3.85. The van der Waals surface area contributed by atoms with Crippen molar-refractivity contribution in [2.24, 2.45) is 16.6 Å². The van der Waals surface area contributed by atoms with Gasteiger partial charge in [-0.05, 0) is 30.9 Å². The van der Waals surface area contributed by atoms with Crippen LogP contribution in [-0.4, -0.2) is 43.0 Å². The number of halogens is 1. The van der Waals surface area contributed by atoms with Crippen molar-refractivity contribution in [1.82, 2.24) is 9.88 Å². The lowest BCUT2D eigenvalue weighted by Gasteiger charge is -2.31. The van der Waals surface area contributed by atoms with Crippen LogP contribution in [0.4, 0.5) is 5.69 Å². The molecule has 2 rings (SSSR count).